The smallest absolute Gasteiger partial charge is 0.256 e. The molecular weight excluding hydrogens is 317 g/mol. The fourth-order valence-electron chi connectivity index (χ4n) is 2.17. The van der Waals surface area contributed by atoms with Gasteiger partial charge in [-0.1, -0.05) is 23.2 Å². The average Bonchev–Trinajstić information content (AvgIpc) is 2.47. The van der Waals surface area contributed by atoms with Gasteiger partial charge in [0, 0.05) is 13.1 Å². The van der Waals surface area contributed by atoms with E-state index in [1.54, 1.807) is 28.8 Å². The molecule has 4 nitrogen and oxygen atoms in total. The van der Waals surface area contributed by atoms with Gasteiger partial charge in [0.1, 0.15) is 15.1 Å². The molecule has 0 N–H and O–H groups in total. The highest BCUT2D eigenvalue weighted by Gasteiger charge is 2.36. The summed E-state index contributed by atoms with van der Waals surface area (Å²) in [5.74, 6) is -0.160. The highest BCUT2D eigenvalue weighted by atomic mass is 35.5. The Balaban J connectivity index is 2.11. The van der Waals surface area contributed by atoms with Crippen molar-refractivity contribution in [2.24, 2.45) is 0 Å². The minimum Gasteiger partial charge on any atom is -0.338 e. The number of hydrogen-bond acceptors (Lipinski definition) is 4. The fourth-order valence-corrected chi connectivity index (χ4v) is 3.28. The second-order valence-corrected chi connectivity index (χ2v) is 6.51. The van der Waals surface area contributed by atoms with Gasteiger partial charge in [-0.15, -0.1) is 11.8 Å². The van der Waals surface area contributed by atoms with Crippen molar-refractivity contribution < 1.29 is 4.79 Å². The molecule has 0 radical (unpaired) electrons. The number of thioether (sulfide) groups is 1. The Morgan fingerprint density at radius 3 is 2.60 bits per heavy atom. The maximum Gasteiger partial charge on any atom is 0.256 e. The number of halogens is 2. The lowest BCUT2D eigenvalue weighted by atomic mass is 9.97. The summed E-state index contributed by atoms with van der Waals surface area (Å²) in [6.45, 7) is 1.10. The van der Waals surface area contributed by atoms with E-state index in [0.717, 1.165) is 0 Å². The molecule has 2 heterocycles. The summed E-state index contributed by atoms with van der Waals surface area (Å²) in [6, 6.07) is 5.49. The van der Waals surface area contributed by atoms with Gasteiger partial charge >= 0.3 is 0 Å². The Bertz CT molecular complexity index is 565. The summed E-state index contributed by atoms with van der Waals surface area (Å²) in [6.07, 6.45) is 3.25. The largest absolute Gasteiger partial charge is 0.338 e. The van der Waals surface area contributed by atoms with Crippen molar-refractivity contribution in [3.63, 3.8) is 0 Å². The topological polar surface area (TPSA) is 57.0 Å². The third kappa shape index (κ3) is 3.03. The van der Waals surface area contributed by atoms with Crippen molar-refractivity contribution >= 4 is 40.9 Å². The quantitative estimate of drug-likeness (QED) is 0.781. The van der Waals surface area contributed by atoms with E-state index in [0.29, 0.717) is 31.5 Å². The highest BCUT2D eigenvalue weighted by molar-refractivity contribution is 8.00. The molecule has 0 unspecified atom stereocenters. The zero-order chi connectivity index (χ0) is 14.8. The molecule has 20 heavy (non-hydrogen) atoms. The molecule has 2 rings (SSSR count). The van der Waals surface area contributed by atoms with Crippen LogP contribution in [0.2, 0.25) is 10.3 Å². The van der Waals surface area contributed by atoms with Crippen molar-refractivity contribution in [3.05, 3.63) is 28.0 Å². The van der Waals surface area contributed by atoms with Gasteiger partial charge in [-0.2, -0.15) is 5.26 Å². The van der Waals surface area contributed by atoms with Gasteiger partial charge in [-0.25, -0.2) is 4.98 Å². The third-order valence-corrected chi connectivity index (χ3v) is 5.28. The maximum absolute atomic E-state index is 12.4. The number of carbonyl (C=O) groups is 1. The van der Waals surface area contributed by atoms with Gasteiger partial charge in [0.05, 0.1) is 11.6 Å². The number of amides is 1. The molecule has 7 heteroatoms. The number of pyridine rings is 1. The molecule has 0 aliphatic carbocycles. The minimum atomic E-state index is -0.376. The molecule has 0 bridgehead atoms. The van der Waals surface area contributed by atoms with Crippen LogP contribution in [0.3, 0.4) is 0 Å². The Morgan fingerprint density at radius 2 is 2.10 bits per heavy atom. The first-order valence-electron chi connectivity index (χ1n) is 6.09. The molecule has 1 aliphatic rings. The lowest BCUT2D eigenvalue weighted by Crippen LogP contribution is -2.44. The second kappa shape index (κ2) is 6.21. The maximum atomic E-state index is 12.4. The van der Waals surface area contributed by atoms with E-state index in [9.17, 15) is 10.1 Å². The molecule has 1 saturated heterocycles. The molecule has 0 spiro atoms. The molecular formula is C13H13Cl2N3OS. The van der Waals surface area contributed by atoms with Crippen LogP contribution in [-0.4, -0.2) is 39.9 Å². The number of aromatic nitrogens is 1. The molecule has 1 fully saturated rings. The van der Waals surface area contributed by atoms with Gasteiger partial charge in [-0.3, -0.25) is 4.79 Å². The first-order chi connectivity index (χ1) is 9.51. The Labute approximate surface area is 132 Å². The van der Waals surface area contributed by atoms with Crippen LogP contribution in [0.5, 0.6) is 0 Å². The number of nitrogens with zero attached hydrogens (tertiary/aromatic N) is 3. The van der Waals surface area contributed by atoms with Crippen molar-refractivity contribution in [2.45, 2.75) is 17.6 Å². The summed E-state index contributed by atoms with van der Waals surface area (Å²) < 4.78 is -0.376. The van der Waals surface area contributed by atoms with Crippen LogP contribution in [0, 0.1) is 11.3 Å². The molecule has 1 aliphatic heterocycles. The van der Waals surface area contributed by atoms with Crippen LogP contribution in [0.4, 0.5) is 0 Å². The van der Waals surface area contributed by atoms with Gasteiger partial charge in [0.2, 0.25) is 0 Å². The molecule has 1 amide bonds. The molecule has 106 valence electrons. The predicted molar refractivity (Wildman–Crippen MR) is 81.3 cm³/mol. The fraction of sp³-hybridized carbons (Fsp3) is 0.462. The first kappa shape index (κ1) is 15.4. The number of likely N-dealkylation sites (tertiary alicyclic amines) is 1. The minimum absolute atomic E-state index is 0.115. The molecule has 0 saturated carbocycles. The zero-order valence-corrected chi connectivity index (χ0v) is 13.2. The number of nitriles is 1. The predicted octanol–water partition coefficient (Wildman–Crippen LogP) is 3.25. The van der Waals surface area contributed by atoms with Crippen LogP contribution in [0.1, 0.15) is 23.2 Å². The monoisotopic (exact) mass is 329 g/mol. The highest BCUT2D eigenvalue weighted by Crippen LogP contribution is 2.34. The van der Waals surface area contributed by atoms with Crippen molar-refractivity contribution in [1.29, 1.82) is 5.26 Å². The number of hydrogen-bond donors (Lipinski definition) is 0. The van der Waals surface area contributed by atoms with Crippen molar-refractivity contribution in [2.75, 3.05) is 19.3 Å². The Hall–Kier alpha value is -0.960. The normalized spacial score (nSPS) is 17.6. The van der Waals surface area contributed by atoms with E-state index in [4.69, 9.17) is 23.2 Å². The van der Waals surface area contributed by atoms with E-state index in [1.165, 1.54) is 0 Å². The zero-order valence-electron chi connectivity index (χ0n) is 10.9. The summed E-state index contributed by atoms with van der Waals surface area (Å²) in [5, 5.41) is 9.61. The van der Waals surface area contributed by atoms with Gasteiger partial charge in [0.25, 0.3) is 5.91 Å². The second-order valence-electron chi connectivity index (χ2n) is 4.57. The van der Waals surface area contributed by atoms with Crippen LogP contribution >= 0.6 is 35.0 Å². The first-order valence-corrected chi connectivity index (χ1v) is 8.07. The van der Waals surface area contributed by atoms with Crippen LogP contribution in [-0.2, 0) is 0 Å². The van der Waals surface area contributed by atoms with Crippen LogP contribution < -0.4 is 0 Å². The van der Waals surface area contributed by atoms with E-state index in [1.807, 2.05) is 6.26 Å². The summed E-state index contributed by atoms with van der Waals surface area (Å²) in [4.78, 5) is 18.0. The summed E-state index contributed by atoms with van der Waals surface area (Å²) in [5.41, 5.74) is 0.352. The molecule has 1 aromatic rings. The lowest BCUT2D eigenvalue weighted by molar-refractivity contribution is 0.0716. The molecule has 0 atom stereocenters. The summed E-state index contributed by atoms with van der Waals surface area (Å²) >= 11 is 13.2. The van der Waals surface area contributed by atoms with Gasteiger partial charge in [0.15, 0.2) is 0 Å². The van der Waals surface area contributed by atoms with Gasteiger partial charge < -0.3 is 4.90 Å². The SMILES string of the molecule is CSC1(C#N)CCN(C(=O)c2ccc(Cl)nc2Cl)CC1. The van der Waals surface area contributed by atoms with E-state index < -0.39 is 0 Å². The molecule has 1 aromatic heterocycles. The lowest BCUT2D eigenvalue weighted by Gasteiger charge is -2.36. The van der Waals surface area contributed by atoms with Gasteiger partial charge in [-0.05, 0) is 31.2 Å². The number of rotatable bonds is 2. The van der Waals surface area contributed by atoms with Crippen molar-refractivity contribution in [1.82, 2.24) is 9.88 Å². The van der Waals surface area contributed by atoms with Crippen LogP contribution in [0.25, 0.3) is 0 Å². The van der Waals surface area contributed by atoms with Crippen molar-refractivity contribution in [3.8, 4) is 6.07 Å². The third-order valence-electron chi connectivity index (χ3n) is 3.50. The van der Waals surface area contributed by atoms with E-state index in [-0.39, 0.29) is 21.0 Å². The number of carbonyl (C=O) groups excluding carboxylic acids is 1. The Kier molecular flexibility index (Phi) is 4.79. The Morgan fingerprint density at radius 1 is 1.45 bits per heavy atom. The number of piperidine rings is 1. The average molecular weight is 330 g/mol. The standard InChI is InChI=1S/C13H13Cl2N3OS/c1-20-13(8-16)4-6-18(7-5-13)12(19)9-2-3-10(14)17-11(9)15/h2-3H,4-7H2,1H3. The molecule has 0 aromatic carbocycles. The van der Waals surface area contributed by atoms with E-state index >= 15 is 0 Å². The van der Waals surface area contributed by atoms with E-state index in [2.05, 4.69) is 11.1 Å². The summed E-state index contributed by atoms with van der Waals surface area (Å²) in [7, 11) is 0. The van der Waals surface area contributed by atoms with Crippen LogP contribution in [0.15, 0.2) is 12.1 Å².